The molecule has 94 valence electrons. The minimum Gasteiger partial charge on any atom is -0.493 e. The first-order valence-corrected chi connectivity index (χ1v) is 6.95. The lowest BCUT2D eigenvalue weighted by Crippen LogP contribution is -2.28. The Bertz CT molecular complexity index is 393. The molecule has 0 bridgehead atoms. The average Bonchev–Trinajstić information content (AvgIpc) is 2.24. The zero-order valence-corrected chi connectivity index (χ0v) is 12.2. The van der Waals surface area contributed by atoms with Crippen LogP contribution >= 0.6 is 27.7 Å². The van der Waals surface area contributed by atoms with Crippen LogP contribution in [0.2, 0.25) is 0 Å². The molecule has 1 aromatic rings. The third-order valence-electron chi connectivity index (χ3n) is 2.13. The fourth-order valence-corrected chi connectivity index (χ4v) is 2.25. The molecule has 5 heteroatoms. The van der Waals surface area contributed by atoms with Crippen molar-refractivity contribution in [1.29, 1.82) is 0 Å². The van der Waals surface area contributed by atoms with E-state index in [0.29, 0.717) is 12.4 Å². The summed E-state index contributed by atoms with van der Waals surface area (Å²) in [5.74, 6) is 0.629. The van der Waals surface area contributed by atoms with Crippen molar-refractivity contribution >= 4 is 33.7 Å². The van der Waals surface area contributed by atoms with Crippen molar-refractivity contribution in [3.05, 3.63) is 28.7 Å². The highest BCUT2D eigenvalue weighted by Crippen LogP contribution is 2.24. The maximum atomic E-state index is 10.9. The topological polar surface area (TPSA) is 46.5 Å². The van der Waals surface area contributed by atoms with Crippen molar-refractivity contribution in [2.24, 2.45) is 0 Å². The predicted octanol–water partition coefficient (Wildman–Crippen LogP) is 3.42. The number of rotatable bonds is 6. The number of hydrogen-bond acceptors (Lipinski definition) is 3. The Morgan fingerprint density at radius 2 is 2.24 bits per heavy atom. The summed E-state index contributed by atoms with van der Waals surface area (Å²) in [6, 6.07) is 7.58. The molecule has 0 aliphatic rings. The zero-order chi connectivity index (χ0) is 12.9. The highest BCUT2D eigenvalue weighted by atomic mass is 79.9. The van der Waals surface area contributed by atoms with Gasteiger partial charge in [0, 0.05) is 10.2 Å². The Morgan fingerprint density at radius 3 is 2.82 bits per heavy atom. The summed E-state index contributed by atoms with van der Waals surface area (Å²) in [6.07, 6.45) is 0. The first kappa shape index (κ1) is 14.4. The Hall–Kier alpha value is -0.680. The van der Waals surface area contributed by atoms with E-state index in [4.69, 9.17) is 9.84 Å². The molecule has 0 unspecified atom stereocenters. The van der Waals surface area contributed by atoms with Crippen LogP contribution in [0.3, 0.4) is 0 Å². The molecule has 0 spiro atoms. The van der Waals surface area contributed by atoms with Crippen molar-refractivity contribution < 1.29 is 14.6 Å². The van der Waals surface area contributed by atoms with Gasteiger partial charge in [0.1, 0.15) is 10.5 Å². The average molecular weight is 319 g/mol. The first-order valence-electron chi connectivity index (χ1n) is 5.17. The Kier molecular flexibility index (Phi) is 5.33. The largest absolute Gasteiger partial charge is 0.493 e. The van der Waals surface area contributed by atoms with Gasteiger partial charge in [0.2, 0.25) is 0 Å². The van der Waals surface area contributed by atoms with Crippen LogP contribution < -0.4 is 4.74 Å². The van der Waals surface area contributed by atoms with Crippen molar-refractivity contribution in [3.8, 4) is 5.75 Å². The molecule has 1 aromatic carbocycles. The highest BCUT2D eigenvalue weighted by molar-refractivity contribution is 9.10. The highest BCUT2D eigenvalue weighted by Gasteiger charge is 2.27. The molecule has 0 aliphatic carbocycles. The summed E-state index contributed by atoms with van der Waals surface area (Å²) < 4.78 is 5.72. The van der Waals surface area contributed by atoms with Crippen LogP contribution in [0.5, 0.6) is 5.75 Å². The number of carboxylic acids is 1. The van der Waals surface area contributed by atoms with E-state index < -0.39 is 10.7 Å². The van der Waals surface area contributed by atoms with E-state index in [-0.39, 0.29) is 0 Å². The van der Waals surface area contributed by atoms with Crippen molar-refractivity contribution in [3.63, 3.8) is 0 Å². The zero-order valence-electron chi connectivity index (χ0n) is 9.77. The Labute approximate surface area is 114 Å². The van der Waals surface area contributed by atoms with Gasteiger partial charge in [-0.1, -0.05) is 22.0 Å². The van der Waals surface area contributed by atoms with Gasteiger partial charge in [-0.25, -0.2) is 0 Å². The van der Waals surface area contributed by atoms with Crippen LogP contribution in [-0.4, -0.2) is 28.2 Å². The molecule has 0 heterocycles. The SMILES string of the molecule is CC(C)(SCCOc1cccc(Br)c1)C(=O)O. The third kappa shape index (κ3) is 5.00. The minimum atomic E-state index is -0.801. The fourth-order valence-electron chi connectivity index (χ4n) is 1.07. The summed E-state index contributed by atoms with van der Waals surface area (Å²) in [7, 11) is 0. The van der Waals surface area contributed by atoms with E-state index >= 15 is 0 Å². The van der Waals surface area contributed by atoms with Crippen LogP contribution in [0.25, 0.3) is 0 Å². The van der Waals surface area contributed by atoms with Gasteiger partial charge in [-0.15, -0.1) is 11.8 Å². The van der Waals surface area contributed by atoms with E-state index in [2.05, 4.69) is 15.9 Å². The molecule has 0 aromatic heterocycles. The summed E-state index contributed by atoms with van der Waals surface area (Å²) in [4.78, 5) is 10.9. The summed E-state index contributed by atoms with van der Waals surface area (Å²) >= 11 is 4.73. The van der Waals surface area contributed by atoms with Gasteiger partial charge in [-0.2, -0.15) is 0 Å². The normalized spacial score (nSPS) is 11.2. The lowest BCUT2D eigenvalue weighted by Gasteiger charge is -2.18. The summed E-state index contributed by atoms with van der Waals surface area (Å²) in [6.45, 7) is 3.88. The van der Waals surface area contributed by atoms with Gasteiger partial charge >= 0.3 is 5.97 Å². The Morgan fingerprint density at radius 1 is 1.53 bits per heavy atom. The van der Waals surface area contributed by atoms with E-state index in [1.807, 2.05) is 24.3 Å². The van der Waals surface area contributed by atoms with E-state index in [0.717, 1.165) is 10.2 Å². The van der Waals surface area contributed by atoms with Crippen LogP contribution in [-0.2, 0) is 4.79 Å². The maximum absolute atomic E-state index is 10.9. The predicted molar refractivity (Wildman–Crippen MR) is 73.8 cm³/mol. The molecule has 0 amide bonds. The van der Waals surface area contributed by atoms with E-state index in [1.165, 1.54) is 11.8 Å². The van der Waals surface area contributed by atoms with Gasteiger partial charge in [-0.3, -0.25) is 4.79 Å². The van der Waals surface area contributed by atoms with Crippen LogP contribution in [0.1, 0.15) is 13.8 Å². The lowest BCUT2D eigenvalue weighted by molar-refractivity contribution is -0.138. The molecule has 0 saturated carbocycles. The second kappa shape index (κ2) is 6.31. The van der Waals surface area contributed by atoms with Crippen LogP contribution in [0.4, 0.5) is 0 Å². The van der Waals surface area contributed by atoms with Crippen molar-refractivity contribution in [2.45, 2.75) is 18.6 Å². The minimum absolute atomic E-state index is 0.498. The fraction of sp³-hybridized carbons (Fsp3) is 0.417. The molecule has 0 aliphatic heterocycles. The molecule has 17 heavy (non-hydrogen) atoms. The quantitative estimate of drug-likeness (QED) is 0.816. The molecule has 1 rings (SSSR count). The summed E-state index contributed by atoms with van der Waals surface area (Å²) in [5, 5.41) is 8.93. The number of aliphatic carboxylic acids is 1. The molecule has 0 saturated heterocycles. The second-order valence-corrected chi connectivity index (χ2v) is 6.60. The number of thioether (sulfide) groups is 1. The Balaban J connectivity index is 2.32. The van der Waals surface area contributed by atoms with Gasteiger partial charge in [0.05, 0.1) is 6.61 Å². The summed E-state index contributed by atoms with van der Waals surface area (Å²) in [5.41, 5.74) is 0. The van der Waals surface area contributed by atoms with Crippen LogP contribution in [0, 0.1) is 0 Å². The van der Waals surface area contributed by atoms with Gasteiger partial charge in [0.15, 0.2) is 0 Å². The second-order valence-electron chi connectivity index (χ2n) is 3.97. The molecular weight excluding hydrogens is 304 g/mol. The molecule has 3 nitrogen and oxygen atoms in total. The van der Waals surface area contributed by atoms with Gasteiger partial charge in [0.25, 0.3) is 0 Å². The van der Waals surface area contributed by atoms with Gasteiger partial charge in [-0.05, 0) is 32.0 Å². The third-order valence-corrected chi connectivity index (χ3v) is 3.89. The van der Waals surface area contributed by atoms with Crippen molar-refractivity contribution in [2.75, 3.05) is 12.4 Å². The number of carbonyl (C=O) groups is 1. The number of carboxylic acid groups (broad SMARTS) is 1. The molecule has 0 fully saturated rings. The standard InChI is InChI=1S/C12H15BrO3S/c1-12(2,11(14)15)17-7-6-16-10-5-3-4-9(13)8-10/h3-5,8H,6-7H2,1-2H3,(H,14,15). The molecule has 0 atom stereocenters. The first-order chi connectivity index (χ1) is 7.92. The maximum Gasteiger partial charge on any atom is 0.319 e. The lowest BCUT2D eigenvalue weighted by atomic mass is 10.2. The van der Waals surface area contributed by atoms with E-state index in [1.54, 1.807) is 13.8 Å². The van der Waals surface area contributed by atoms with Crippen LogP contribution in [0.15, 0.2) is 28.7 Å². The molecule has 0 radical (unpaired) electrons. The number of benzene rings is 1. The smallest absolute Gasteiger partial charge is 0.319 e. The number of hydrogen-bond donors (Lipinski definition) is 1. The number of halogens is 1. The number of ether oxygens (including phenoxy) is 1. The van der Waals surface area contributed by atoms with Gasteiger partial charge < -0.3 is 9.84 Å². The molecule has 1 N–H and O–H groups in total. The van der Waals surface area contributed by atoms with Crippen molar-refractivity contribution in [1.82, 2.24) is 0 Å². The monoisotopic (exact) mass is 318 g/mol. The molecular formula is C12H15BrO3S. The van der Waals surface area contributed by atoms with E-state index in [9.17, 15) is 4.79 Å².